The van der Waals surface area contributed by atoms with E-state index in [1.165, 1.54) is 48.8 Å². The standard InChI is InChI=1S/C26H16Cl2N4O4/c27-23-11-9-19(31(33)34)13-17(23)15-29-25-7-3-1-5-21(25)22-6-2-4-8-26(22)30-16-18-14-20(32(35)36)10-12-24(18)28/h1-16H. The van der Waals surface area contributed by atoms with E-state index in [-0.39, 0.29) is 11.4 Å². The molecular weight excluding hydrogens is 503 g/mol. The van der Waals surface area contributed by atoms with Gasteiger partial charge in [0.25, 0.3) is 11.4 Å². The van der Waals surface area contributed by atoms with Gasteiger partial charge in [0.2, 0.25) is 0 Å². The minimum Gasteiger partial charge on any atom is -0.258 e. The molecule has 0 saturated carbocycles. The van der Waals surface area contributed by atoms with Crippen LogP contribution in [0.25, 0.3) is 11.1 Å². The average molecular weight is 519 g/mol. The maximum Gasteiger partial charge on any atom is 0.270 e. The van der Waals surface area contributed by atoms with Gasteiger partial charge in [0.15, 0.2) is 0 Å². The summed E-state index contributed by atoms with van der Waals surface area (Å²) in [5, 5.41) is 22.9. The van der Waals surface area contributed by atoms with Gasteiger partial charge in [-0.25, -0.2) is 0 Å². The van der Waals surface area contributed by atoms with Gasteiger partial charge in [-0.3, -0.25) is 30.2 Å². The summed E-state index contributed by atoms with van der Waals surface area (Å²) in [5.41, 5.74) is 3.34. The van der Waals surface area contributed by atoms with E-state index in [0.29, 0.717) is 32.5 Å². The molecule has 0 fully saturated rings. The molecule has 178 valence electrons. The van der Waals surface area contributed by atoms with Crippen molar-refractivity contribution in [2.45, 2.75) is 0 Å². The number of hydrogen-bond acceptors (Lipinski definition) is 6. The van der Waals surface area contributed by atoms with Crippen molar-refractivity contribution >= 4 is 58.4 Å². The fourth-order valence-corrected chi connectivity index (χ4v) is 3.73. The number of hydrogen-bond donors (Lipinski definition) is 0. The highest BCUT2D eigenvalue weighted by Crippen LogP contribution is 2.37. The first kappa shape index (κ1) is 24.7. The van der Waals surface area contributed by atoms with Crippen molar-refractivity contribution in [3.05, 3.63) is 126 Å². The minimum atomic E-state index is -0.497. The largest absolute Gasteiger partial charge is 0.270 e. The Labute approximate surface area is 215 Å². The van der Waals surface area contributed by atoms with Gasteiger partial charge in [-0.05, 0) is 24.3 Å². The minimum absolute atomic E-state index is 0.0892. The van der Waals surface area contributed by atoms with Crippen molar-refractivity contribution in [3.63, 3.8) is 0 Å². The lowest BCUT2D eigenvalue weighted by Crippen LogP contribution is -1.91. The summed E-state index contributed by atoms with van der Waals surface area (Å²) >= 11 is 12.4. The molecule has 4 rings (SSSR count). The molecule has 0 aliphatic rings. The van der Waals surface area contributed by atoms with E-state index in [1.807, 2.05) is 36.4 Å². The Morgan fingerprint density at radius 3 is 1.39 bits per heavy atom. The van der Waals surface area contributed by atoms with E-state index in [2.05, 4.69) is 9.98 Å². The molecule has 0 bridgehead atoms. The third kappa shape index (κ3) is 5.63. The molecule has 8 nitrogen and oxygen atoms in total. The van der Waals surface area contributed by atoms with E-state index in [4.69, 9.17) is 23.2 Å². The summed E-state index contributed by atoms with van der Waals surface area (Å²) < 4.78 is 0. The molecule has 0 radical (unpaired) electrons. The first-order valence-electron chi connectivity index (χ1n) is 10.5. The molecule has 0 unspecified atom stereocenters. The second kappa shape index (κ2) is 10.9. The van der Waals surface area contributed by atoms with Crippen LogP contribution in [0.3, 0.4) is 0 Å². The van der Waals surface area contributed by atoms with Crippen LogP contribution in [0, 0.1) is 20.2 Å². The summed E-state index contributed by atoms with van der Waals surface area (Å²) in [4.78, 5) is 30.3. The summed E-state index contributed by atoms with van der Waals surface area (Å²) in [6.07, 6.45) is 2.95. The molecule has 36 heavy (non-hydrogen) atoms. The summed E-state index contributed by atoms with van der Waals surface area (Å²) in [5.74, 6) is 0. The molecule has 0 heterocycles. The predicted octanol–water partition coefficient (Wildman–Crippen LogP) is 7.98. The average Bonchev–Trinajstić information content (AvgIpc) is 2.88. The van der Waals surface area contributed by atoms with Crippen LogP contribution in [-0.2, 0) is 0 Å². The zero-order chi connectivity index (χ0) is 25.7. The van der Waals surface area contributed by atoms with Gasteiger partial charge in [0.05, 0.1) is 21.2 Å². The van der Waals surface area contributed by atoms with Crippen LogP contribution < -0.4 is 0 Å². The van der Waals surface area contributed by atoms with Gasteiger partial charge in [0.1, 0.15) is 0 Å². The number of non-ortho nitro benzene ring substituents is 2. The Kier molecular flexibility index (Phi) is 7.48. The monoisotopic (exact) mass is 518 g/mol. The molecule has 0 aliphatic heterocycles. The molecule has 0 spiro atoms. The van der Waals surface area contributed by atoms with Crippen LogP contribution in [0.5, 0.6) is 0 Å². The van der Waals surface area contributed by atoms with Gasteiger partial charge < -0.3 is 0 Å². The number of rotatable bonds is 7. The van der Waals surface area contributed by atoms with Gasteiger partial charge >= 0.3 is 0 Å². The number of benzene rings is 4. The van der Waals surface area contributed by atoms with Crippen LogP contribution >= 0.6 is 23.2 Å². The molecular formula is C26H16Cl2N4O4. The number of nitrogens with zero attached hydrogens (tertiary/aromatic N) is 4. The number of halogens is 2. The quantitative estimate of drug-likeness (QED) is 0.140. The van der Waals surface area contributed by atoms with Crippen LogP contribution in [-0.4, -0.2) is 22.3 Å². The van der Waals surface area contributed by atoms with Crippen LogP contribution in [0.4, 0.5) is 22.7 Å². The maximum atomic E-state index is 11.1. The third-order valence-corrected chi connectivity index (χ3v) is 5.85. The molecule has 4 aromatic rings. The van der Waals surface area contributed by atoms with Crippen molar-refractivity contribution in [2.24, 2.45) is 9.98 Å². The SMILES string of the molecule is O=[N+]([O-])c1ccc(Cl)c(C=Nc2ccccc2-c2ccccc2N=Cc2cc([N+](=O)[O-])ccc2Cl)c1. The Bertz CT molecular complexity index is 1420. The fraction of sp³-hybridized carbons (Fsp3) is 0. The lowest BCUT2D eigenvalue weighted by Gasteiger charge is -2.09. The highest BCUT2D eigenvalue weighted by molar-refractivity contribution is 6.33. The molecule has 4 aromatic carbocycles. The second-order valence-electron chi connectivity index (χ2n) is 7.48. The van der Waals surface area contributed by atoms with Crippen molar-refractivity contribution in [1.82, 2.24) is 0 Å². The van der Waals surface area contributed by atoms with Crippen LogP contribution in [0.15, 0.2) is 94.9 Å². The zero-order valence-corrected chi connectivity index (χ0v) is 19.9. The van der Waals surface area contributed by atoms with Gasteiger partial charge in [-0.1, -0.05) is 59.6 Å². The number of nitro benzene ring substituents is 2. The van der Waals surface area contributed by atoms with Crippen molar-refractivity contribution in [1.29, 1.82) is 0 Å². The predicted molar refractivity (Wildman–Crippen MR) is 143 cm³/mol. The maximum absolute atomic E-state index is 11.1. The van der Waals surface area contributed by atoms with Crippen LogP contribution in [0.2, 0.25) is 10.0 Å². The third-order valence-electron chi connectivity index (χ3n) is 5.16. The zero-order valence-electron chi connectivity index (χ0n) is 18.4. The fourth-order valence-electron chi connectivity index (χ4n) is 3.39. The normalized spacial score (nSPS) is 11.3. The molecule has 0 aromatic heterocycles. The van der Waals surface area contributed by atoms with Gasteiger partial charge in [-0.2, -0.15) is 0 Å². The summed E-state index contributed by atoms with van der Waals surface area (Å²) in [6, 6.07) is 23.0. The Hall–Kier alpha value is -4.40. The molecule has 10 heteroatoms. The van der Waals surface area contributed by atoms with Crippen molar-refractivity contribution < 1.29 is 9.85 Å². The lowest BCUT2D eigenvalue weighted by molar-refractivity contribution is -0.385. The van der Waals surface area contributed by atoms with Gasteiger partial charge in [0, 0.05) is 69.0 Å². The Balaban J connectivity index is 1.72. The Morgan fingerprint density at radius 1 is 0.611 bits per heavy atom. The smallest absolute Gasteiger partial charge is 0.258 e. The summed E-state index contributed by atoms with van der Waals surface area (Å²) in [6.45, 7) is 0. The topological polar surface area (TPSA) is 111 Å². The first-order chi connectivity index (χ1) is 17.3. The lowest BCUT2D eigenvalue weighted by atomic mass is 10.0. The van der Waals surface area contributed by atoms with E-state index in [0.717, 1.165) is 11.1 Å². The van der Waals surface area contributed by atoms with E-state index >= 15 is 0 Å². The van der Waals surface area contributed by atoms with E-state index in [9.17, 15) is 20.2 Å². The highest BCUT2D eigenvalue weighted by atomic mass is 35.5. The van der Waals surface area contributed by atoms with Crippen molar-refractivity contribution in [3.8, 4) is 11.1 Å². The molecule has 0 N–H and O–H groups in total. The first-order valence-corrected chi connectivity index (χ1v) is 11.2. The molecule has 0 atom stereocenters. The summed E-state index contributed by atoms with van der Waals surface area (Å²) in [7, 11) is 0. The van der Waals surface area contributed by atoms with E-state index < -0.39 is 9.85 Å². The number of para-hydroxylation sites is 2. The van der Waals surface area contributed by atoms with Gasteiger partial charge in [-0.15, -0.1) is 0 Å². The Morgan fingerprint density at radius 2 is 1.00 bits per heavy atom. The highest BCUT2D eigenvalue weighted by Gasteiger charge is 2.12. The molecule has 0 aliphatic carbocycles. The second-order valence-corrected chi connectivity index (χ2v) is 8.29. The van der Waals surface area contributed by atoms with Crippen molar-refractivity contribution in [2.75, 3.05) is 0 Å². The number of aliphatic imine (C=N–C) groups is 2. The van der Waals surface area contributed by atoms with Crippen LogP contribution in [0.1, 0.15) is 11.1 Å². The number of nitro groups is 2. The van der Waals surface area contributed by atoms with E-state index in [1.54, 1.807) is 12.1 Å². The molecule has 0 amide bonds. The molecule has 0 saturated heterocycles.